The summed E-state index contributed by atoms with van der Waals surface area (Å²) < 4.78 is 0. The molecule has 1 aliphatic rings. The topological polar surface area (TPSA) is 93.4 Å². The number of amides is 1. The lowest BCUT2D eigenvalue weighted by molar-refractivity contribution is -0.146. The summed E-state index contributed by atoms with van der Waals surface area (Å²) in [6, 6.07) is 0.552. The molecule has 0 aromatic carbocycles. The van der Waals surface area contributed by atoms with Crippen LogP contribution in [0.2, 0.25) is 0 Å². The van der Waals surface area contributed by atoms with E-state index in [-0.39, 0.29) is 19.0 Å². The van der Waals surface area contributed by atoms with Crippen LogP contribution in [-0.4, -0.2) is 47.1 Å². The maximum atomic E-state index is 11.0. The largest absolute Gasteiger partial charge is 0.480 e. The van der Waals surface area contributed by atoms with Crippen molar-refractivity contribution in [2.45, 2.75) is 19.0 Å². The van der Waals surface area contributed by atoms with Gasteiger partial charge in [0.1, 0.15) is 6.04 Å². The van der Waals surface area contributed by atoms with Crippen molar-refractivity contribution in [2.75, 3.05) is 13.1 Å². The van der Waals surface area contributed by atoms with Gasteiger partial charge in [-0.3, -0.25) is 14.5 Å². The number of aliphatic carboxylic acids is 1. The minimum Gasteiger partial charge on any atom is -0.480 e. The molecule has 14 heavy (non-hydrogen) atoms. The first-order chi connectivity index (χ1) is 6.56. The molecule has 0 aliphatic carbocycles. The fraction of sp³-hybridized carbons (Fsp3) is 0.625. The number of piperazine rings is 1. The van der Waals surface area contributed by atoms with Gasteiger partial charge in [-0.15, -0.1) is 0 Å². The molecule has 1 aliphatic heterocycles. The molecule has 1 fully saturated rings. The van der Waals surface area contributed by atoms with E-state index in [0.717, 1.165) is 0 Å². The van der Waals surface area contributed by atoms with Gasteiger partial charge in [0, 0.05) is 6.54 Å². The lowest BCUT2D eigenvalue weighted by Crippen LogP contribution is -2.59. The molecule has 6 nitrogen and oxygen atoms in total. The second-order valence-corrected chi connectivity index (χ2v) is 3.14. The van der Waals surface area contributed by atoms with Crippen LogP contribution in [0.15, 0.2) is 0 Å². The molecule has 0 radical (unpaired) electrons. The van der Waals surface area contributed by atoms with Crippen LogP contribution in [0.4, 0.5) is 0 Å². The lowest BCUT2D eigenvalue weighted by atomic mass is 10.1. The number of nitrogens with zero attached hydrogens (tertiary/aromatic N) is 2. The number of nitrogens with one attached hydrogen (secondary N) is 1. The monoisotopic (exact) mass is 197 g/mol. The number of carboxylic acids is 1. The molecule has 2 atom stereocenters. The predicted octanol–water partition coefficient (Wildman–Crippen LogP) is -1.22. The van der Waals surface area contributed by atoms with Crippen molar-refractivity contribution in [2.24, 2.45) is 0 Å². The van der Waals surface area contributed by atoms with Gasteiger partial charge < -0.3 is 10.4 Å². The lowest BCUT2D eigenvalue weighted by Gasteiger charge is -2.34. The van der Waals surface area contributed by atoms with E-state index in [0.29, 0.717) is 0 Å². The van der Waals surface area contributed by atoms with Gasteiger partial charge in [0.2, 0.25) is 5.91 Å². The second-order valence-electron chi connectivity index (χ2n) is 3.14. The maximum Gasteiger partial charge on any atom is 0.322 e. The number of carbonyl (C=O) groups is 2. The SMILES string of the molecule is CC(C#N)N1CC(=O)NCC1C(=O)O. The minimum absolute atomic E-state index is 0.0360. The van der Waals surface area contributed by atoms with E-state index < -0.39 is 18.1 Å². The Bertz CT molecular complexity index is 297. The van der Waals surface area contributed by atoms with Crippen LogP contribution >= 0.6 is 0 Å². The molecular formula is C8H11N3O3. The third kappa shape index (κ3) is 2.00. The summed E-state index contributed by atoms with van der Waals surface area (Å²) in [6.45, 7) is 1.60. The highest BCUT2D eigenvalue weighted by atomic mass is 16.4. The van der Waals surface area contributed by atoms with E-state index in [1.165, 1.54) is 4.90 Å². The molecule has 6 heteroatoms. The van der Waals surface area contributed by atoms with Gasteiger partial charge in [-0.1, -0.05) is 0 Å². The molecule has 1 heterocycles. The maximum absolute atomic E-state index is 11.0. The zero-order chi connectivity index (χ0) is 10.7. The van der Waals surface area contributed by atoms with Crippen LogP contribution in [0.25, 0.3) is 0 Å². The fourth-order valence-corrected chi connectivity index (χ4v) is 1.37. The van der Waals surface area contributed by atoms with Crippen molar-refractivity contribution in [1.29, 1.82) is 5.26 Å². The molecule has 2 N–H and O–H groups in total. The highest BCUT2D eigenvalue weighted by Crippen LogP contribution is 2.08. The Morgan fingerprint density at radius 3 is 3.00 bits per heavy atom. The van der Waals surface area contributed by atoms with Gasteiger partial charge in [-0.05, 0) is 6.92 Å². The van der Waals surface area contributed by atoms with Crippen molar-refractivity contribution in [3.63, 3.8) is 0 Å². The van der Waals surface area contributed by atoms with Gasteiger partial charge in [0.05, 0.1) is 18.7 Å². The number of rotatable bonds is 2. The molecule has 0 aromatic heterocycles. The van der Waals surface area contributed by atoms with Gasteiger partial charge in [0.15, 0.2) is 0 Å². The Morgan fingerprint density at radius 2 is 2.50 bits per heavy atom. The van der Waals surface area contributed by atoms with E-state index in [2.05, 4.69) is 5.32 Å². The van der Waals surface area contributed by atoms with E-state index in [1.54, 1.807) is 6.92 Å². The number of carboxylic acid groups (broad SMARTS) is 1. The Kier molecular flexibility index (Phi) is 3.04. The average molecular weight is 197 g/mol. The van der Waals surface area contributed by atoms with Crippen molar-refractivity contribution >= 4 is 11.9 Å². The van der Waals surface area contributed by atoms with E-state index in [9.17, 15) is 9.59 Å². The van der Waals surface area contributed by atoms with Crippen molar-refractivity contribution in [3.05, 3.63) is 0 Å². The van der Waals surface area contributed by atoms with Crippen LogP contribution in [0, 0.1) is 11.3 Å². The Hall–Kier alpha value is -1.61. The Labute approximate surface area is 81.1 Å². The van der Waals surface area contributed by atoms with Crippen LogP contribution in [0.3, 0.4) is 0 Å². The van der Waals surface area contributed by atoms with Crippen molar-refractivity contribution in [3.8, 4) is 6.07 Å². The number of carbonyl (C=O) groups excluding carboxylic acids is 1. The fourth-order valence-electron chi connectivity index (χ4n) is 1.37. The molecule has 0 bridgehead atoms. The molecule has 1 rings (SSSR count). The quantitative estimate of drug-likeness (QED) is 0.579. The summed E-state index contributed by atoms with van der Waals surface area (Å²) in [5.41, 5.74) is 0. The summed E-state index contributed by atoms with van der Waals surface area (Å²) in [6.07, 6.45) is 0. The van der Waals surface area contributed by atoms with E-state index in [1.807, 2.05) is 6.07 Å². The van der Waals surface area contributed by atoms with Crippen LogP contribution in [0.5, 0.6) is 0 Å². The first-order valence-electron chi connectivity index (χ1n) is 4.21. The molecule has 1 amide bonds. The summed E-state index contributed by atoms with van der Waals surface area (Å²) >= 11 is 0. The summed E-state index contributed by atoms with van der Waals surface area (Å²) in [7, 11) is 0. The van der Waals surface area contributed by atoms with Crippen molar-refractivity contribution < 1.29 is 14.7 Å². The molecule has 1 saturated heterocycles. The normalized spacial score (nSPS) is 24.9. The number of nitriles is 1. The third-order valence-corrected chi connectivity index (χ3v) is 2.19. The average Bonchev–Trinajstić information content (AvgIpc) is 2.16. The van der Waals surface area contributed by atoms with Crippen molar-refractivity contribution in [1.82, 2.24) is 10.2 Å². The molecule has 0 aromatic rings. The van der Waals surface area contributed by atoms with Gasteiger partial charge in [-0.2, -0.15) is 5.26 Å². The van der Waals surface area contributed by atoms with Gasteiger partial charge in [-0.25, -0.2) is 0 Å². The third-order valence-electron chi connectivity index (χ3n) is 2.19. The smallest absolute Gasteiger partial charge is 0.322 e. The highest BCUT2D eigenvalue weighted by Gasteiger charge is 2.34. The molecule has 76 valence electrons. The van der Waals surface area contributed by atoms with E-state index >= 15 is 0 Å². The van der Waals surface area contributed by atoms with E-state index in [4.69, 9.17) is 10.4 Å². The second kappa shape index (κ2) is 4.07. The molecule has 0 saturated carbocycles. The summed E-state index contributed by atoms with van der Waals surface area (Å²) in [4.78, 5) is 23.2. The predicted molar refractivity (Wildman–Crippen MR) is 46.2 cm³/mol. The van der Waals surface area contributed by atoms with Gasteiger partial charge in [0.25, 0.3) is 0 Å². The summed E-state index contributed by atoms with van der Waals surface area (Å²) in [5, 5.41) is 19.9. The highest BCUT2D eigenvalue weighted by molar-refractivity contribution is 5.83. The number of hydrogen-bond donors (Lipinski definition) is 2. The molecule has 0 spiro atoms. The van der Waals surface area contributed by atoms with Crippen LogP contribution in [0.1, 0.15) is 6.92 Å². The molecule has 2 unspecified atom stereocenters. The summed E-state index contributed by atoms with van der Waals surface area (Å²) in [5.74, 6) is -1.27. The Balaban J connectivity index is 2.79. The van der Waals surface area contributed by atoms with Gasteiger partial charge >= 0.3 is 5.97 Å². The van der Waals surface area contributed by atoms with Crippen LogP contribution < -0.4 is 5.32 Å². The minimum atomic E-state index is -1.02. The zero-order valence-electron chi connectivity index (χ0n) is 7.73. The number of hydrogen-bond acceptors (Lipinski definition) is 4. The first-order valence-corrected chi connectivity index (χ1v) is 4.21. The first kappa shape index (κ1) is 10.5. The Morgan fingerprint density at radius 1 is 1.86 bits per heavy atom. The standard InChI is InChI=1S/C8H11N3O3/c1-5(2-9)11-4-7(12)10-3-6(11)8(13)14/h5-6H,3-4H2,1H3,(H,10,12)(H,13,14). The zero-order valence-corrected chi connectivity index (χ0v) is 7.73. The molecular weight excluding hydrogens is 186 g/mol. The van der Waals surface area contributed by atoms with Crippen LogP contribution in [-0.2, 0) is 9.59 Å².